The Hall–Kier alpha value is -1.11. The third kappa shape index (κ3) is 2.96. The van der Waals surface area contributed by atoms with Crippen molar-refractivity contribution in [2.24, 2.45) is 5.92 Å². The zero-order chi connectivity index (χ0) is 12.5. The molecule has 7 heteroatoms. The van der Waals surface area contributed by atoms with Gasteiger partial charge in [0.1, 0.15) is 0 Å². The second-order valence-electron chi connectivity index (χ2n) is 4.53. The first-order valence-corrected chi connectivity index (χ1v) is 7.56. The third-order valence-corrected chi connectivity index (χ3v) is 4.97. The standard InChI is InChI=1S/C10H16N2O4S/c13-9-1-4-12(5-3-11-9)10(14)8-2-6-17(15,16)7-8/h8H,1-7H2,(H,11,13). The topological polar surface area (TPSA) is 83.6 Å². The van der Waals surface area contributed by atoms with Gasteiger partial charge in [-0.2, -0.15) is 0 Å². The van der Waals surface area contributed by atoms with E-state index >= 15 is 0 Å². The summed E-state index contributed by atoms with van der Waals surface area (Å²) < 4.78 is 22.6. The Morgan fingerprint density at radius 2 is 2.12 bits per heavy atom. The highest BCUT2D eigenvalue weighted by molar-refractivity contribution is 7.91. The highest BCUT2D eigenvalue weighted by Crippen LogP contribution is 2.21. The minimum absolute atomic E-state index is 0.0380. The molecule has 2 heterocycles. The minimum Gasteiger partial charge on any atom is -0.354 e. The maximum absolute atomic E-state index is 12.1. The molecule has 0 aromatic carbocycles. The van der Waals surface area contributed by atoms with Crippen molar-refractivity contribution in [2.45, 2.75) is 12.8 Å². The molecule has 0 spiro atoms. The number of carbonyl (C=O) groups excluding carboxylic acids is 2. The predicted molar refractivity (Wildman–Crippen MR) is 61.0 cm³/mol. The smallest absolute Gasteiger partial charge is 0.226 e. The van der Waals surface area contributed by atoms with Gasteiger partial charge in [-0.3, -0.25) is 9.59 Å². The molecular formula is C10H16N2O4S. The van der Waals surface area contributed by atoms with E-state index in [0.29, 0.717) is 32.5 Å². The molecule has 2 aliphatic rings. The van der Waals surface area contributed by atoms with Crippen LogP contribution in [0, 0.1) is 5.92 Å². The lowest BCUT2D eigenvalue weighted by Crippen LogP contribution is -2.38. The number of carbonyl (C=O) groups is 2. The summed E-state index contributed by atoms with van der Waals surface area (Å²) in [5, 5.41) is 2.69. The number of rotatable bonds is 1. The van der Waals surface area contributed by atoms with E-state index in [2.05, 4.69) is 5.32 Å². The van der Waals surface area contributed by atoms with Crippen LogP contribution in [0.15, 0.2) is 0 Å². The summed E-state index contributed by atoms with van der Waals surface area (Å²) in [5.74, 6) is -0.520. The molecule has 0 aromatic rings. The summed E-state index contributed by atoms with van der Waals surface area (Å²) in [7, 11) is -3.03. The first-order chi connectivity index (χ1) is 7.98. The molecular weight excluding hydrogens is 244 g/mol. The second-order valence-corrected chi connectivity index (χ2v) is 6.75. The maximum atomic E-state index is 12.1. The molecule has 0 aliphatic carbocycles. The van der Waals surface area contributed by atoms with Gasteiger partial charge in [0.15, 0.2) is 9.84 Å². The van der Waals surface area contributed by atoms with Gasteiger partial charge >= 0.3 is 0 Å². The Balaban J connectivity index is 1.98. The fraction of sp³-hybridized carbons (Fsp3) is 0.800. The lowest BCUT2D eigenvalue weighted by Gasteiger charge is -2.22. The lowest BCUT2D eigenvalue weighted by molar-refractivity contribution is -0.134. The van der Waals surface area contributed by atoms with Crippen LogP contribution in [0.1, 0.15) is 12.8 Å². The van der Waals surface area contributed by atoms with Crippen molar-refractivity contribution in [3.05, 3.63) is 0 Å². The second kappa shape index (κ2) is 4.64. The fourth-order valence-corrected chi connectivity index (χ4v) is 3.97. The van der Waals surface area contributed by atoms with Gasteiger partial charge in [0.25, 0.3) is 0 Å². The van der Waals surface area contributed by atoms with Crippen LogP contribution in [-0.2, 0) is 19.4 Å². The van der Waals surface area contributed by atoms with Gasteiger partial charge in [0, 0.05) is 26.1 Å². The number of amides is 2. The molecule has 0 bridgehead atoms. The van der Waals surface area contributed by atoms with E-state index in [1.807, 2.05) is 0 Å². The largest absolute Gasteiger partial charge is 0.354 e. The summed E-state index contributed by atoms with van der Waals surface area (Å²) in [6.07, 6.45) is 0.713. The number of hydrogen-bond acceptors (Lipinski definition) is 4. The van der Waals surface area contributed by atoms with Crippen LogP contribution in [0.3, 0.4) is 0 Å². The van der Waals surface area contributed by atoms with E-state index in [1.165, 1.54) is 0 Å². The van der Waals surface area contributed by atoms with Gasteiger partial charge in [0.2, 0.25) is 11.8 Å². The Morgan fingerprint density at radius 1 is 1.35 bits per heavy atom. The number of nitrogens with zero attached hydrogens (tertiary/aromatic N) is 1. The molecule has 96 valence electrons. The Labute approximate surface area is 100 Å². The molecule has 2 aliphatic heterocycles. The minimum atomic E-state index is -3.03. The van der Waals surface area contributed by atoms with Gasteiger partial charge in [-0.25, -0.2) is 8.42 Å². The maximum Gasteiger partial charge on any atom is 0.226 e. The molecule has 0 saturated carbocycles. The van der Waals surface area contributed by atoms with Crippen molar-refractivity contribution in [2.75, 3.05) is 31.1 Å². The quantitative estimate of drug-likeness (QED) is 0.640. The molecule has 2 rings (SSSR count). The molecule has 2 fully saturated rings. The molecule has 2 amide bonds. The highest BCUT2D eigenvalue weighted by atomic mass is 32.2. The van der Waals surface area contributed by atoms with E-state index < -0.39 is 15.8 Å². The van der Waals surface area contributed by atoms with E-state index in [0.717, 1.165) is 0 Å². The number of nitrogens with one attached hydrogen (secondary N) is 1. The van der Waals surface area contributed by atoms with Crippen molar-refractivity contribution < 1.29 is 18.0 Å². The van der Waals surface area contributed by atoms with Crippen LogP contribution in [0.4, 0.5) is 0 Å². The van der Waals surface area contributed by atoms with E-state index in [9.17, 15) is 18.0 Å². The van der Waals surface area contributed by atoms with E-state index in [-0.39, 0.29) is 23.3 Å². The first kappa shape index (κ1) is 12.3. The summed E-state index contributed by atoms with van der Waals surface area (Å²) in [6.45, 7) is 1.31. The molecule has 1 atom stereocenters. The van der Waals surface area contributed by atoms with Gasteiger partial charge in [-0.05, 0) is 6.42 Å². The zero-order valence-electron chi connectivity index (χ0n) is 9.52. The van der Waals surface area contributed by atoms with Gasteiger partial charge in [-0.15, -0.1) is 0 Å². The predicted octanol–water partition coefficient (Wildman–Crippen LogP) is -1.23. The average Bonchev–Trinajstić information content (AvgIpc) is 2.48. The molecule has 0 aromatic heterocycles. The fourth-order valence-electron chi connectivity index (χ4n) is 2.24. The van der Waals surface area contributed by atoms with Gasteiger partial charge in [0.05, 0.1) is 17.4 Å². The molecule has 1 N–H and O–H groups in total. The first-order valence-electron chi connectivity index (χ1n) is 5.74. The molecule has 17 heavy (non-hydrogen) atoms. The molecule has 1 unspecified atom stereocenters. The van der Waals surface area contributed by atoms with Crippen LogP contribution in [0.2, 0.25) is 0 Å². The van der Waals surface area contributed by atoms with Crippen LogP contribution in [0.5, 0.6) is 0 Å². The van der Waals surface area contributed by atoms with Crippen molar-refractivity contribution in [1.82, 2.24) is 10.2 Å². The summed E-state index contributed by atoms with van der Waals surface area (Å²) in [6, 6.07) is 0. The van der Waals surface area contributed by atoms with Crippen molar-refractivity contribution in [3.63, 3.8) is 0 Å². The zero-order valence-corrected chi connectivity index (χ0v) is 10.3. The van der Waals surface area contributed by atoms with Gasteiger partial charge in [-0.1, -0.05) is 0 Å². The molecule has 6 nitrogen and oxygen atoms in total. The Morgan fingerprint density at radius 3 is 2.76 bits per heavy atom. The molecule has 2 saturated heterocycles. The summed E-state index contributed by atoms with van der Waals surface area (Å²) >= 11 is 0. The van der Waals surface area contributed by atoms with E-state index in [4.69, 9.17) is 0 Å². The van der Waals surface area contributed by atoms with Crippen LogP contribution in [0.25, 0.3) is 0 Å². The van der Waals surface area contributed by atoms with Crippen molar-refractivity contribution >= 4 is 21.7 Å². The van der Waals surface area contributed by atoms with E-state index in [1.54, 1.807) is 4.90 Å². The Bertz CT molecular complexity index is 432. The summed E-state index contributed by atoms with van der Waals surface area (Å²) in [4.78, 5) is 24.8. The average molecular weight is 260 g/mol. The van der Waals surface area contributed by atoms with Crippen LogP contribution < -0.4 is 5.32 Å². The monoisotopic (exact) mass is 260 g/mol. The summed E-state index contributed by atoms with van der Waals surface area (Å²) in [5.41, 5.74) is 0. The van der Waals surface area contributed by atoms with Gasteiger partial charge < -0.3 is 10.2 Å². The molecule has 0 radical (unpaired) electrons. The van der Waals surface area contributed by atoms with Crippen LogP contribution in [-0.4, -0.2) is 56.3 Å². The highest BCUT2D eigenvalue weighted by Gasteiger charge is 2.35. The number of hydrogen-bond donors (Lipinski definition) is 1. The number of sulfone groups is 1. The lowest BCUT2D eigenvalue weighted by atomic mass is 10.1. The third-order valence-electron chi connectivity index (χ3n) is 3.21. The van der Waals surface area contributed by atoms with Crippen molar-refractivity contribution in [3.8, 4) is 0 Å². The van der Waals surface area contributed by atoms with Crippen molar-refractivity contribution in [1.29, 1.82) is 0 Å². The Kier molecular flexibility index (Phi) is 3.37. The van der Waals surface area contributed by atoms with Crippen LogP contribution >= 0.6 is 0 Å². The normalized spacial score (nSPS) is 28.6. The SMILES string of the molecule is O=C1CCN(C(=O)C2CCS(=O)(=O)C2)CCN1.